The summed E-state index contributed by atoms with van der Waals surface area (Å²) in [5, 5.41) is 12.5. The second-order valence-electron chi connectivity index (χ2n) is 5.13. The van der Waals surface area contributed by atoms with Crippen LogP contribution in [0.15, 0.2) is 0 Å². The minimum Gasteiger partial charge on any atom is -0.297 e. The number of hydrogen-bond donors (Lipinski definition) is 1. The fourth-order valence-corrected chi connectivity index (χ4v) is 2.41. The maximum Gasteiger partial charge on any atom is 0.108 e. The highest BCUT2D eigenvalue weighted by atomic mass is 15.1. The van der Waals surface area contributed by atoms with E-state index in [4.69, 9.17) is 5.26 Å². The molecular weight excluding hydrogens is 148 g/mol. The minimum absolute atomic E-state index is 0.162. The Morgan fingerprint density at radius 2 is 1.92 bits per heavy atom. The van der Waals surface area contributed by atoms with Gasteiger partial charge in [0, 0.05) is 6.04 Å². The largest absolute Gasteiger partial charge is 0.297 e. The van der Waals surface area contributed by atoms with Crippen LogP contribution in [0.2, 0.25) is 0 Å². The Labute approximate surface area is 74.0 Å². The van der Waals surface area contributed by atoms with E-state index < -0.39 is 0 Å². The lowest BCUT2D eigenvalue weighted by atomic mass is 9.60. The second-order valence-corrected chi connectivity index (χ2v) is 5.13. The van der Waals surface area contributed by atoms with Crippen LogP contribution in [0.25, 0.3) is 0 Å². The smallest absolute Gasteiger partial charge is 0.108 e. The van der Waals surface area contributed by atoms with E-state index >= 15 is 0 Å². The molecule has 0 saturated heterocycles. The van der Waals surface area contributed by atoms with Gasteiger partial charge in [0.15, 0.2) is 0 Å². The summed E-state index contributed by atoms with van der Waals surface area (Å²) in [4.78, 5) is 0. The monoisotopic (exact) mass is 164 g/mol. The summed E-state index contributed by atoms with van der Waals surface area (Å²) < 4.78 is 0. The van der Waals surface area contributed by atoms with Gasteiger partial charge in [-0.1, -0.05) is 13.8 Å². The van der Waals surface area contributed by atoms with Crippen molar-refractivity contribution in [3.63, 3.8) is 0 Å². The molecule has 0 amide bonds. The first kappa shape index (κ1) is 8.07. The Balaban J connectivity index is 1.95. The van der Waals surface area contributed by atoms with Gasteiger partial charge in [0.05, 0.1) is 6.07 Å². The third-order valence-corrected chi connectivity index (χ3v) is 2.83. The van der Waals surface area contributed by atoms with Gasteiger partial charge < -0.3 is 0 Å². The molecule has 2 heteroatoms. The van der Waals surface area contributed by atoms with Crippen LogP contribution < -0.4 is 5.32 Å². The average molecular weight is 164 g/mol. The molecule has 0 aromatic rings. The molecule has 0 bridgehead atoms. The average Bonchev–Trinajstić information content (AvgIpc) is 2.67. The fourth-order valence-electron chi connectivity index (χ4n) is 2.41. The standard InChI is InChI=1S/C10H16N2/c1-9(2)5-10(6-9,7-11)12-8-3-4-8/h8,12H,3-6H2,1-2H3. The Hall–Kier alpha value is -0.550. The molecule has 0 radical (unpaired) electrons. The molecule has 2 rings (SSSR count). The molecule has 0 atom stereocenters. The van der Waals surface area contributed by atoms with E-state index in [9.17, 15) is 0 Å². The molecule has 2 aliphatic carbocycles. The predicted octanol–water partition coefficient (Wildman–Crippen LogP) is 1.82. The van der Waals surface area contributed by atoms with Gasteiger partial charge in [0.25, 0.3) is 0 Å². The third kappa shape index (κ3) is 1.34. The summed E-state index contributed by atoms with van der Waals surface area (Å²) in [6.07, 6.45) is 4.58. The maximum absolute atomic E-state index is 9.03. The van der Waals surface area contributed by atoms with Crippen molar-refractivity contribution >= 4 is 0 Å². The Kier molecular flexibility index (Phi) is 1.50. The summed E-state index contributed by atoms with van der Waals surface area (Å²) in [6.45, 7) is 4.47. The molecule has 2 nitrogen and oxygen atoms in total. The molecule has 0 unspecified atom stereocenters. The van der Waals surface area contributed by atoms with E-state index in [-0.39, 0.29) is 5.54 Å². The van der Waals surface area contributed by atoms with E-state index in [1.807, 2.05) is 0 Å². The zero-order valence-corrected chi connectivity index (χ0v) is 7.85. The second kappa shape index (κ2) is 2.23. The molecule has 0 spiro atoms. The van der Waals surface area contributed by atoms with Crippen molar-refractivity contribution in [1.82, 2.24) is 5.32 Å². The van der Waals surface area contributed by atoms with Crippen molar-refractivity contribution in [1.29, 1.82) is 5.26 Å². The number of hydrogen-bond acceptors (Lipinski definition) is 2. The first-order valence-electron chi connectivity index (χ1n) is 4.74. The van der Waals surface area contributed by atoms with Crippen LogP contribution >= 0.6 is 0 Å². The summed E-state index contributed by atoms with van der Waals surface area (Å²) in [5.74, 6) is 0. The van der Waals surface area contributed by atoms with Crippen molar-refractivity contribution in [2.45, 2.75) is 51.1 Å². The van der Waals surface area contributed by atoms with Crippen LogP contribution in [0.1, 0.15) is 39.5 Å². The van der Waals surface area contributed by atoms with E-state index in [1.165, 1.54) is 12.8 Å². The summed E-state index contributed by atoms with van der Waals surface area (Å²) in [7, 11) is 0. The number of nitriles is 1. The Bertz CT molecular complexity index is 219. The predicted molar refractivity (Wildman–Crippen MR) is 47.5 cm³/mol. The molecule has 12 heavy (non-hydrogen) atoms. The third-order valence-electron chi connectivity index (χ3n) is 2.83. The highest BCUT2D eigenvalue weighted by Gasteiger charge is 2.51. The molecule has 66 valence electrons. The van der Waals surface area contributed by atoms with Gasteiger partial charge in [0.2, 0.25) is 0 Å². The van der Waals surface area contributed by atoms with E-state index in [0.29, 0.717) is 11.5 Å². The lowest BCUT2D eigenvalue weighted by molar-refractivity contribution is 0.0730. The van der Waals surface area contributed by atoms with Gasteiger partial charge in [-0.15, -0.1) is 0 Å². The molecule has 2 aliphatic rings. The summed E-state index contributed by atoms with van der Waals surface area (Å²) >= 11 is 0. The van der Waals surface area contributed by atoms with Crippen molar-refractivity contribution in [3.05, 3.63) is 0 Å². The van der Waals surface area contributed by atoms with Crippen LogP contribution in [0.3, 0.4) is 0 Å². The van der Waals surface area contributed by atoms with Crippen LogP contribution in [-0.4, -0.2) is 11.6 Å². The van der Waals surface area contributed by atoms with Gasteiger partial charge in [-0.2, -0.15) is 5.26 Å². The molecule has 2 saturated carbocycles. The van der Waals surface area contributed by atoms with Crippen LogP contribution in [0.5, 0.6) is 0 Å². The van der Waals surface area contributed by atoms with Gasteiger partial charge in [-0.05, 0) is 31.1 Å². The van der Waals surface area contributed by atoms with Gasteiger partial charge in [-0.3, -0.25) is 5.32 Å². The van der Waals surface area contributed by atoms with E-state index in [1.54, 1.807) is 0 Å². The Morgan fingerprint density at radius 1 is 1.33 bits per heavy atom. The number of rotatable bonds is 2. The minimum atomic E-state index is -0.162. The molecule has 2 fully saturated rings. The zero-order chi connectivity index (χ0) is 8.82. The zero-order valence-electron chi connectivity index (χ0n) is 7.85. The first-order chi connectivity index (χ1) is 5.55. The van der Waals surface area contributed by atoms with Crippen LogP contribution in [0.4, 0.5) is 0 Å². The van der Waals surface area contributed by atoms with Crippen molar-refractivity contribution < 1.29 is 0 Å². The quantitative estimate of drug-likeness (QED) is 0.675. The maximum atomic E-state index is 9.03. The van der Waals surface area contributed by atoms with Gasteiger partial charge in [-0.25, -0.2) is 0 Å². The van der Waals surface area contributed by atoms with E-state index in [2.05, 4.69) is 25.2 Å². The summed E-state index contributed by atoms with van der Waals surface area (Å²) in [5.41, 5.74) is 0.224. The molecule has 0 aromatic heterocycles. The molecule has 0 aromatic carbocycles. The SMILES string of the molecule is CC1(C)CC(C#N)(NC2CC2)C1. The normalized spacial score (nSPS) is 30.4. The lowest BCUT2D eigenvalue weighted by Gasteiger charge is -2.49. The van der Waals surface area contributed by atoms with Gasteiger partial charge >= 0.3 is 0 Å². The number of nitrogens with zero attached hydrogens (tertiary/aromatic N) is 1. The van der Waals surface area contributed by atoms with E-state index in [0.717, 1.165) is 12.8 Å². The molecule has 0 heterocycles. The topological polar surface area (TPSA) is 35.8 Å². The van der Waals surface area contributed by atoms with Gasteiger partial charge in [0.1, 0.15) is 5.54 Å². The molecule has 1 N–H and O–H groups in total. The Morgan fingerprint density at radius 3 is 2.25 bits per heavy atom. The van der Waals surface area contributed by atoms with Crippen molar-refractivity contribution in [2.24, 2.45) is 5.41 Å². The lowest BCUT2D eigenvalue weighted by Crippen LogP contribution is -2.58. The highest BCUT2D eigenvalue weighted by molar-refractivity contribution is 5.20. The highest BCUT2D eigenvalue weighted by Crippen LogP contribution is 2.48. The summed E-state index contributed by atoms with van der Waals surface area (Å²) in [6, 6.07) is 3.08. The first-order valence-corrected chi connectivity index (χ1v) is 4.74. The van der Waals surface area contributed by atoms with Crippen LogP contribution in [0, 0.1) is 16.7 Å². The number of nitrogens with one attached hydrogen (secondary N) is 1. The molecule has 0 aliphatic heterocycles. The molecular formula is C10H16N2. The van der Waals surface area contributed by atoms with Crippen molar-refractivity contribution in [3.8, 4) is 6.07 Å². The fraction of sp³-hybridized carbons (Fsp3) is 0.900. The van der Waals surface area contributed by atoms with Crippen LogP contribution in [-0.2, 0) is 0 Å². The van der Waals surface area contributed by atoms with Crippen molar-refractivity contribution in [2.75, 3.05) is 0 Å².